The van der Waals surface area contributed by atoms with Crippen molar-refractivity contribution < 1.29 is 36.8 Å². The van der Waals surface area contributed by atoms with Gasteiger partial charge in [-0.1, -0.05) is 12.1 Å². The van der Waals surface area contributed by atoms with Gasteiger partial charge in [0.2, 0.25) is 5.76 Å². The van der Waals surface area contributed by atoms with Crippen molar-refractivity contribution in [2.24, 2.45) is 0 Å². The van der Waals surface area contributed by atoms with Gasteiger partial charge in [0.1, 0.15) is 5.75 Å². The Morgan fingerprint density at radius 3 is 2.59 bits per heavy atom. The molecule has 1 amide bonds. The number of carbonyl (C=O) groups is 2. The van der Waals surface area contributed by atoms with Crippen LogP contribution in [0.4, 0.5) is 18.9 Å². The molecule has 1 aromatic carbocycles. The highest BCUT2D eigenvalue weighted by Crippen LogP contribution is 2.35. The molecular formula is C17H17F3N2O5. The molecule has 2 aromatic rings. The fraction of sp³-hybridized carbons (Fsp3) is 0.353. The Morgan fingerprint density at radius 1 is 1.26 bits per heavy atom. The van der Waals surface area contributed by atoms with Gasteiger partial charge in [0.05, 0.1) is 23.6 Å². The van der Waals surface area contributed by atoms with Crippen LogP contribution in [0.3, 0.4) is 0 Å². The molecule has 0 saturated heterocycles. The largest absolute Gasteiger partial charge is 0.491 e. The molecule has 7 nitrogen and oxygen atoms in total. The zero-order valence-electron chi connectivity index (χ0n) is 14.6. The van der Waals surface area contributed by atoms with Crippen molar-refractivity contribution in [1.29, 1.82) is 0 Å². The predicted octanol–water partition coefficient (Wildman–Crippen LogP) is 3.59. The third-order valence-corrected chi connectivity index (χ3v) is 3.21. The van der Waals surface area contributed by atoms with Gasteiger partial charge in [0, 0.05) is 6.07 Å². The lowest BCUT2D eigenvalue weighted by atomic mass is 10.1. The molecule has 0 fully saturated rings. The number of hydrogen-bond donors (Lipinski definition) is 1. The summed E-state index contributed by atoms with van der Waals surface area (Å²) in [6.07, 6.45) is -3.96. The smallest absolute Gasteiger partial charge is 0.416 e. The van der Waals surface area contributed by atoms with Crippen molar-refractivity contribution >= 4 is 17.6 Å². The summed E-state index contributed by atoms with van der Waals surface area (Å²) in [5, 5.41) is 5.76. The van der Waals surface area contributed by atoms with Gasteiger partial charge in [-0.05, 0) is 31.5 Å². The lowest BCUT2D eigenvalue weighted by Crippen LogP contribution is -2.21. The van der Waals surface area contributed by atoms with Crippen LogP contribution in [-0.2, 0) is 15.7 Å². The Kier molecular flexibility index (Phi) is 6.43. The number of nitrogens with one attached hydrogen (secondary N) is 1. The Labute approximate surface area is 152 Å². The number of amides is 1. The maximum Gasteiger partial charge on any atom is 0.416 e. The summed E-state index contributed by atoms with van der Waals surface area (Å²) in [6, 6.07) is 4.05. The number of aromatic nitrogens is 1. The molecule has 1 aromatic heterocycles. The third-order valence-electron chi connectivity index (χ3n) is 3.21. The van der Waals surface area contributed by atoms with Crippen molar-refractivity contribution in [2.75, 3.05) is 18.5 Å². The molecule has 0 unspecified atom stereocenters. The number of alkyl halides is 3. The molecule has 0 saturated carbocycles. The van der Waals surface area contributed by atoms with Crippen LogP contribution in [0, 0.1) is 6.92 Å². The number of carbonyl (C=O) groups excluding carboxylic acids is 2. The van der Waals surface area contributed by atoms with Gasteiger partial charge in [0.25, 0.3) is 5.91 Å². The lowest BCUT2D eigenvalue weighted by Gasteiger charge is -2.15. The van der Waals surface area contributed by atoms with E-state index in [2.05, 4.69) is 10.5 Å². The monoisotopic (exact) mass is 386 g/mol. The van der Waals surface area contributed by atoms with Gasteiger partial charge in [-0.25, -0.2) is 4.79 Å². The predicted molar refractivity (Wildman–Crippen MR) is 87.4 cm³/mol. The number of rotatable bonds is 7. The third kappa shape index (κ3) is 5.73. The zero-order valence-corrected chi connectivity index (χ0v) is 14.6. The van der Waals surface area contributed by atoms with Crippen molar-refractivity contribution in [3.63, 3.8) is 0 Å². The first-order valence-electron chi connectivity index (χ1n) is 7.95. The molecule has 146 valence electrons. The number of halogens is 3. The topological polar surface area (TPSA) is 90.7 Å². The highest BCUT2D eigenvalue weighted by atomic mass is 19.4. The van der Waals surface area contributed by atoms with Gasteiger partial charge < -0.3 is 19.3 Å². The van der Waals surface area contributed by atoms with E-state index in [1.54, 1.807) is 6.92 Å². The van der Waals surface area contributed by atoms with E-state index in [1.165, 1.54) is 6.07 Å². The summed E-state index contributed by atoms with van der Waals surface area (Å²) >= 11 is 0. The quantitative estimate of drug-likeness (QED) is 0.732. The van der Waals surface area contributed by atoms with Crippen LogP contribution in [0.1, 0.15) is 35.2 Å². The van der Waals surface area contributed by atoms with E-state index in [-0.39, 0.29) is 23.8 Å². The highest BCUT2D eigenvalue weighted by molar-refractivity contribution is 5.95. The SMILES string of the molecule is CCCOc1ccc(C(F)(F)F)cc1NC(=O)COC(=O)c1cc(C)no1. The number of nitrogens with zero attached hydrogens (tertiary/aromatic N) is 1. The van der Waals surface area contributed by atoms with Gasteiger partial charge in [-0.3, -0.25) is 4.79 Å². The van der Waals surface area contributed by atoms with Crippen LogP contribution in [0.5, 0.6) is 5.75 Å². The summed E-state index contributed by atoms with van der Waals surface area (Å²) in [5.74, 6) is -1.86. The number of benzene rings is 1. The van der Waals surface area contributed by atoms with Crippen LogP contribution in [-0.4, -0.2) is 30.2 Å². The molecule has 0 aliphatic heterocycles. The minimum Gasteiger partial charge on any atom is -0.491 e. The molecule has 27 heavy (non-hydrogen) atoms. The fourth-order valence-corrected chi connectivity index (χ4v) is 1.99. The Balaban J connectivity index is 2.06. The minimum absolute atomic E-state index is 0.0791. The van der Waals surface area contributed by atoms with Crippen molar-refractivity contribution in [1.82, 2.24) is 5.16 Å². The number of hydrogen-bond acceptors (Lipinski definition) is 6. The molecule has 1 N–H and O–H groups in total. The average Bonchev–Trinajstić information content (AvgIpc) is 3.04. The minimum atomic E-state index is -4.58. The van der Waals surface area contributed by atoms with E-state index in [9.17, 15) is 22.8 Å². The van der Waals surface area contributed by atoms with Crippen molar-refractivity contribution in [3.05, 3.63) is 41.3 Å². The van der Waals surface area contributed by atoms with Crippen molar-refractivity contribution in [2.45, 2.75) is 26.4 Å². The number of anilines is 1. The number of esters is 1. The maximum absolute atomic E-state index is 12.9. The first-order valence-corrected chi connectivity index (χ1v) is 7.95. The van der Waals surface area contributed by atoms with Crippen LogP contribution in [0.2, 0.25) is 0 Å². The summed E-state index contributed by atoms with van der Waals surface area (Å²) < 4.78 is 53.5. The highest BCUT2D eigenvalue weighted by Gasteiger charge is 2.31. The molecular weight excluding hydrogens is 369 g/mol. The molecule has 0 spiro atoms. The molecule has 0 bridgehead atoms. The van der Waals surface area contributed by atoms with Gasteiger partial charge >= 0.3 is 12.1 Å². The van der Waals surface area contributed by atoms with Crippen LogP contribution in [0.15, 0.2) is 28.8 Å². The van der Waals surface area contributed by atoms with Gasteiger partial charge in [-0.15, -0.1) is 0 Å². The van der Waals surface area contributed by atoms with Crippen LogP contribution < -0.4 is 10.1 Å². The van der Waals surface area contributed by atoms with E-state index in [0.29, 0.717) is 12.1 Å². The lowest BCUT2D eigenvalue weighted by molar-refractivity contribution is -0.137. The Hall–Kier alpha value is -3.04. The molecule has 0 atom stereocenters. The summed E-state index contributed by atoms with van der Waals surface area (Å²) in [5.41, 5.74) is -0.668. The second kappa shape index (κ2) is 8.56. The Morgan fingerprint density at radius 2 is 2.00 bits per heavy atom. The van der Waals surface area contributed by atoms with E-state index in [4.69, 9.17) is 14.0 Å². The standard InChI is InChI=1S/C17H17F3N2O5/c1-3-6-25-13-5-4-11(17(18,19)20)8-12(13)21-15(23)9-26-16(24)14-7-10(2)22-27-14/h4-5,7-8H,3,6,9H2,1-2H3,(H,21,23). The van der Waals surface area contributed by atoms with Crippen LogP contribution in [0.25, 0.3) is 0 Å². The zero-order chi connectivity index (χ0) is 20.0. The normalized spacial score (nSPS) is 11.1. The number of ether oxygens (including phenoxy) is 2. The molecule has 10 heteroatoms. The van der Waals surface area contributed by atoms with Gasteiger partial charge in [0.15, 0.2) is 6.61 Å². The Bertz CT molecular complexity index is 817. The first-order chi connectivity index (χ1) is 12.7. The van der Waals surface area contributed by atoms with Crippen molar-refractivity contribution in [3.8, 4) is 5.75 Å². The molecule has 0 aliphatic carbocycles. The van der Waals surface area contributed by atoms with E-state index in [1.807, 2.05) is 6.92 Å². The van der Waals surface area contributed by atoms with E-state index >= 15 is 0 Å². The van der Waals surface area contributed by atoms with Crippen LogP contribution >= 0.6 is 0 Å². The molecule has 2 rings (SSSR count). The second-order valence-corrected chi connectivity index (χ2v) is 5.51. The maximum atomic E-state index is 12.9. The summed E-state index contributed by atoms with van der Waals surface area (Å²) in [4.78, 5) is 23.7. The van der Waals surface area contributed by atoms with E-state index < -0.39 is 30.2 Å². The first kappa shape index (κ1) is 20.3. The molecule has 0 radical (unpaired) electrons. The summed E-state index contributed by atoms with van der Waals surface area (Å²) in [7, 11) is 0. The van der Waals surface area contributed by atoms with E-state index in [0.717, 1.165) is 18.2 Å². The second-order valence-electron chi connectivity index (χ2n) is 5.51. The van der Waals surface area contributed by atoms with Gasteiger partial charge in [-0.2, -0.15) is 13.2 Å². The fourth-order valence-electron chi connectivity index (χ4n) is 1.99. The molecule has 1 heterocycles. The average molecular weight is 386 g/mol. The summed E-state index contributed by atoms with van der Waals surface area (Å²) in [6.45, 7) is 2.96. The number of aryl methyl sites for hydroxylation is 1. The molecule has 0 aliphatic rings.